The number of anilines is 2. The van der Waals surface area contributed by atoms with E-state index in [4.69, 9.17) is 36.8 Å². The Balaban J connectivity index is 1.16. The van der Waals surface area contributed by atoms with Crippen LogP contribution >= 0.6 is 11.6 Å². The van der Waals surface area contributed by atoms with Crippen molar-refractivity contribution in [2.75, 3.05) is 63.6 Å². The number of pyridine rings is 2. The standard InChI is InChI=1S/C37H39ClF3N9O3/c1-20-14-28(42)46-33(31(20)37(39,40)41)24-15-27-30-34(32(24)38)52-19-23-17-49(29(51)6-5-26-25-16-43-9-7-21(25)8-10-44-26)12-13-50(23)35(30)47-36(45-27)53-18-22-4-3-11-48(22)2/h5-6,8,10,14-15,22-23,43H,3-4,7,9,11-13,16-19H2,1-2H3,(H2,42,46)/b6-5+/t22-,23-/m0/s1. The van der Waals surface area contributed by atoms with Gasteiger partial charge in [-0.25, -0.2) is 4.98 Å². The van der Waals surface area contributed by atoms with Crippen molar-refractivity contribution in [3.8, 4) is 23.0 Å². The van der Waals surface area contributed by atoms with E-state index in [9.17, 15) is 18.0 Å². The fourth-order valence-corrected chi connectivity index (χ4v) is 8.17. The van der Waals surface area contributed by atoms with Crippen molar-refractivity contribution in [3.63, 3.8) is 0 Å². The second-order valence-corrected chi connectivity index (χ2v) is 14.4. The predicted octanol–water partition coefficient (Wildman–Crippen LogP) is 4.89. The SMILES string of the molecule is Cc1cc(N)nc(-c2cc3nc(OC[C@@H]4CCCN4C)nc4c3c(c2Cl)OC[C@@H]2CN(C(=O)/C=C/c3nccc5c3CNCC5)CCN42)c1C(F)(F)F. The molecular weight excluding hydrogens is 711 g/mol. The number of alkyl halides is 3. The summed E-state index contributed by atoms with van der Waals surface area (Å²) in [5.41, 5.74) is 7.85. The average Bonchev–Trinajstić information content (AvgIpc) is 3.47. The third kappa shape index (κ3) is 6.70. The number of benzene rings is 1. The summed E-state index contributed by atoms with van der Waals surface area (Å²) in [6.45, 7) is 5.38. The molecule has 3 aromatic heterocycles. The van der Waals surface area contributed by atoms with Crippen LogP contribution in [-0.2, 0) is 23.9 Å². The van der Waals surface area contributed by atoms with Crippen molar-refractivity contribution in [1.82, 2.24) is 35.1 Å². The van der Waals surface area contributed by atoms with Crippen molar-refractivity contribution in [1.29, 1.82) is 0 Å². The van der Waals surface area contributed by atoms with Gasteiger partial charge in [-0.2, -0.15) is 23.1 Å². The normalized spacial score (nSPS) is 20.3. The minimum atomic E-state index is -4.75. The zero-order chi connectivity index (χ0) is 37.0. The molecule has 7 heterocycles. The molecule has 1 aromatic carbocycles. The minimum absolute atomic E-state index is 0.0308. The summed E-state index contributed by atoms with van der Waals surface area (Å²) in [6, 6.07) is 4.55. The Bertz CT molecular complexity index is 2130. The molecule has 12 nitrogen and oxygen atoms in total. The smallest absolute Gasteiger partial charge is 0.418 e. The Kier molecular flexibility index (Phi) is 9.27. The molecule has 0 unspecified atom stereocenters. The molecule has 16 heteroatoms. The highest BCUT2D eigenvalue weighted by molar-refractivity contribution is 6.36. The lowest BCUT2D eigenvalue weighted by molar-refractivity contribution is -0.137. The largest absolute Gasteiger partial charge is 0.489 e. The van der Waals surface area contributed by atoms with Crippen LogP contribution in [0.15, 0.2) is 30.5 Å². The van der Waals surface area contributed by atoms with Crippen LogP contribution in [0.1, 0.15) is 40.8 Å². The van der Waals surface area contributed by atoms with E-state index in [1.807, 2.05) is 18.0 Å². The molecule has 0 saturated carbocycles. The monoisotopic (exact) mass is 749 g/mol. The number of carbonyl (C=O) groups is 1. The maximum Gasteiger partial charge on any atom is 0.418 e. The molecule has 3 N–H and O–H groups in total. The molecule has 8 rings (SSSR count). The van der Waals surface area contributed by atoms with Crippen molar-refractivity contribution < 1.29 is 27.4 Å². The zero-order valence-corrected chi connectivity index (χ0v) is 30.1. The van der Waals surface area contributed by atoms with Gasteiger partial charge in [0.2, 0.25) is 5.91 Å². The van der Waals surface area contributed by atoms with E-state index in [-0.39, 0.29) is 63.8 Å². The van der Waals surface area contributed by atoms with Gasteiger partial charge in [0, 0.05) is 50.1 Å². The quantitative estimate of drug-likeness (QED) is 0.261. The number of nitrogens with zero attached hydrogens (tertiary/aromatic N) is 7. The van der Waals surface area contributed by atoms with E-state index >= 15 is 0 Å². The van der Waals surface area contributed by atoms with E-state index in [0.29, 0.717) is 44.0 Å². The van der Waals surface area contributed by atoms with Crippen LogP contribution in [0.4, 0.5) is 24.8 Å². The number of likely N-dealkylation sites (tertiary alicyclic amines) is 1. The van der Waals surface area contributed by atoms with Crippen LogP contribution in [0.5, 0.6) is 11.8 Å². The average molecular weight is 750 g/mol. The van der Waals surface area contributed by atoms with Gasteiger partial charge in [-0.3, -0.25) is 9.78 Å². The van der Waals surface area contributed by atoms with Crippen molar-refractivity contribution in [3.05, 3.63) is 63.4 Å². The second kappa shape index (κ2) is 13.9. The summed E-state index contributed by atoms with van der Waals surface area (Å²) < 4.78 is 56.1. The van der Waals surface area contributed by atoms with E-state index in [0.717, 1.165) is 43.6 Å². The molecule has 2 saturated heterocycles. The number of hydrogen-bond acceptors (Lipinski definition) is 11. The van der Waals surface area contributed by atoms with Crippen molar-refractivity contribution in [2.24, 2.45) is 0 Å². The summed E-state index contributed by atoms with van der Waals surface area (Å²) in [4.78, 5) is 37.8. The van der Waals surface area contributed by atoms with Crippen molar-refractivity contribution >= 4 is 46.1 Å². The van der Waals surface area contributed by atoms with Crippen LogP contribution in [-0.4, -0.2) is 101 Å². The van der Waals surface area contributed by atoms with Gasteiger partial charge in [0.15, 0.2) is 5.75 Å². The number of aryl methyl sites for hydroxylation is 1. The van der Waals surface area contributed by atoms with Gasteiger partial charge in [0.05, 0.1) is 38.9 Å². The number of amides is 1. The molecule has 278 valence electrons. The number of fused-ring (bicyclic) bond motifs is 3. The molecule has 0 radical (unpaired) electrons. The zero-order valence-electron chi connectivity index (χ0n) is 29.3. The fourth-order valence-electron chi connectivity index (χ4n) is 7.87. The molecular formula is C37H39ClF3N9O3. The number of ether oxygens (including phenoxy) is 2. The number of rotatable bonds is 6. The first-order valence-corrected chi connectivity index (χ1v) is 18.1. The summed E-state index contributed by atoms with van der Waals surface area (Å²) in [7, 11) is 2.04. The summed E-state index contributed by atoms with van der Waals surface area (Å²) >= 11 is 6.99. The number of likely N-dealkylation sites (N-methyl/N-ethyl adjacent to an activating group) is 1. The molecule has 2 fully saturated rings. The Morgan fingerprint density at radius 2 is 2.06 bits per heavy atom. The van der Waals surface area contributed by atoms with Crippen LogP contribution in [0.25, 0.3) is 28.2 Å². The molecule has 4 aromatic rings. The lowest BCUT2D eigenvalue weighted by atomic mass is 9.99. The first kappa shape index (κ1) is 35.3. The van der Waals surface area contributed by atoms with E-state index in [1.54, 1.807) is 23.2 Å². The lowest BCUT2D eigenvalue weighted by Crippen LogP contribution is -2.56. The summed E-state index contributed by atoms with van der Waals surface area (Å²) in [5, 5.41) is 3.73. The Morgan fingerprint density at radius 1 is 1.21 bits per heavy atom. The van der Waals surface area contributed by atoms with Crippen LogP contribution in [0, 0.1) is 6.92 Å². The number of nitrogen functional groups attached to an aromatic ring is 1. The Hall–Kier alpha value is -4.73. The van der Waals surface area contributed by atoms with E-state index in [2.05, 4.69) is 20.2 Å². The second-order valence-electron chi connectivity index (χ2n) is 14.0. The predicted molar refractivity (Wildman–Crippen MR) is 195 cm³/mol. The molecule has 4 aliphatic rings. The van der Waals surface area contributed by atoms with Gasteiger partial charge >= 0.3 is 12.2 Å². The topological polar surface area (TPSA) is 135 Å². The van der Waals surface area contributed by atoms with Gasteiger partial charge in [-0.1, -0.05) is 11.6 Å². The van der Waals surface area contributed by atoms with Crippen molar-refractivity contribution in [2.45, 2.75) is 51.0 Å². The number of carbonyl (C=O) groups excluding carboxylic acids is 1. The number of hydrogen-bond donors (Lipinski definition) is 2. The number of piperazine rings is 1. The molecule has 2 atom stereocenters. The summed E-state index contributed by atoms with van der Waals surface area (Å²) in [5.74, 6) is 0.345. The highest BCUT2D eigenvalue weighted by Gasteiger charge is 2.40. The van der Waals surface area contributed by atoms with Gasteiger partial charge < -0.3 is 35.2 Å². The number of aromatic nitrogens is 4. The lowest BCUT2D eigenvalue weighted by Gasteiger charge is -2.40. The Morgan fingerprint density at radius 3 is 2.85 bits per heavy atom. The molecule has 4 aliphatic heterocycles. The van der Waals surface area contributed by atoms with Crippen LogP contribution in [0.2, 0.25) is 5.02 Å². The number of nitrogens with one attached hydrogen (secondary N) is 1. The maximum absolute atomic E-state index is 14.5. The van der Waals surface area contributed by atoms with Gasteiger partial charge in [-0.15, -0.1) is 0 Å². The first-order chi connectivity index (χ1) is 25.5. The highest BCUT2D eigenvalue weighted by atomic mass is 35.5. The van der Waals surface area contributed by atoms with Gasteiger partial charge in [-0.05, 0) is 87.3 Å². The fraction of sp³-hybridized carbons (Fsp3) is 0.432. The Labute approximate surface area is 309 Å². The molecule has 1 amide bonds. The third-order valence-electron chi connectivity index (χ3n) is 10.6. The van der Waals surface area contributed by atoms with Crippen LogP contribution < -0.4 is 25.4 Å². The first-order valence-electron chi connectivity index (χ1n) is 17.7. The number of halogens is 4. The van der Waals surface area contributed by atoms with Gasteiger partial charge in [0.25, 0.3) is 0 Å². The van der Waals surface area contributed by atoms with Gasteiger partial charge in [0.1, 0.15) is 24.8 Å². The summed E-state index contributed by atoms with van der Waals surface area (Å²) in [6.07, 6.45) is 3.25. The van der Waals surface area contributed by atoms with Crippen LogP contribution in [0.3, 0.4) is 0 Å². The number of nitrogens with two attached hydrogens (primary N) is 1. The highest BCUT2D eigenvalue weighted by Crippen LogP contribution is 2.49. The van der Waals surface area contributed by atoms with E-state index in [1.165, 1.54) is 24.6 Å². The molecule has 53 heavy (non-hydrogen) atoms. The molecule has 0 spiro atoms. The third-order valence-corrected chi connectivity index (χ3v) is 11.0. The maximum atomic E-state index is 14.5. The van der Waals surface area contributed by atoms with E-state index < -0.39 is 17.4 Å². The molecule has 0 bridgehead atoms. The molecule has 0 aliphatic carbocycles. The minimum Gasteiger partial charge on any atom is -0.489 e.